The van der Waals surface area contributed by atoms with Crippen molar-refractivity contribution in [1.29, 1.82) is 0 Å². The standard InChI is InChI=1S/C17H26N2O5/c1-3-23-17(21)19-9-7-18(8-10-19)12-14(20)13-24-16-6-4-5-15(11-16)22-2/h4-6,11,14,20H,3,7-10,12-13H2,1-2H3/t14-/m0/s1. The Labute approximate surface area is 142 Å². The third-order valence-corrected chi connectivity index (χ3v) is 3.85. The number of β-amino-alcohol motifs (C(OH)–C–C–N with tert-alkyl or cyclic N) is 1. The maximum Gasteiger partial charge on any atom is 0.409 e. The van der Waals surface area contributed by atoms with E-state index in [4.69, 9.17) is 14.2 Å². The van der Waals surface area contributed by atoms with E-state index in [1.165, 1.54) is 0 Å². The topological polar surface area (TPSA) is 71.5 Å². The molecule has 1 aromatic carbocycles. The van der Waals surface area contributed by atoms with Gasteiger partial charge in [-0.05, 0) is 19.1 Å². The highest BCUT2D eigenvalue weighted by molar-refractivity contribution is 5.67. The molecule has 1 atom stereocenters. The van der Waals surface area contributed by atoms with E-state index in [0.29, 0.717) is 32.0 Å². The van der Waals surface area contributed by atoms with Crippen LogP contribution >= 0.6 is 0 Å². The number of hydrogen-bond acceptors (Lipinski definition) is 6. The number of aliphatic hydroxyl groups is 1. The summed E-state index contributed by atoms with van der Waals surface area (Å²) in [6.07, 6.45) is -0.857. The van der Waals surface area contributed by atoms with Crippen LogP contribution < -0.4 is 9.47 Å². The molecule has 1 N–H and O–H groups in total. The predicted octanol–water partition coefficient (Wildman–Crippen LogP) is 1.21. The van der Waals surface area contributed by atoms with E-state index in [1.807, 2.05) is 18.2 Å². The summed E-state index contributed by atoms with van der Waals surface area (Å²) >= 11 is 0. The van der Waals surface area contributed by atoms with Crippen LogP contribution in [0.5, 0.6) is 11.5 Å². The van der Waals surface area contributed by atoms with Gasteiger partial charge < -0.3 is 24.2 Å². The van der Waals surface area contributed by atoms with E-state index in [9.17, 15) is 9.90 Å². The summed E-state index contributed by atoms with van der Waals surface area (Å²) in [7, 11) is 1.60. The number of ether oxygens (including phenoxy) is 3. The lowest BCUT2D eigenvalue weighted by Gasteiger charge is -2.34. The van der Waals surface area contributed by atoms with E-state index >= 15 is 0 Å². The fourth-order valence-electron chi connectivity index (χ4n) is 2.56. The van der Waals surface area contributed by atoms with Crippen molar-refractivity contribution in [1.82, 2.24) is 9.80 Å². The van der Waals surface area contributed by atoms with E-state index in [-0.39, 0.29) is 12.7 Å². The zero-order chi connectivity index (χ0) is 17.4. The summed E-state index contributed by atoms with van der Waals surface area (Å²) in [5, 5.41) is 10.1. The number of hydrogen-bond donors (Lipinski definition) is 1. The van der Waals surface area contributed by atoms with Crippen LogP contribution in [0.25, 0.3) is 0 Å². The van der Waals surface area contributed by atoms with Gasteiger partial charge in [-0.1, -0.05) is 6.07 Å². The summed E-state index contributed by atoms with van der Waals surface area (Å²) in [6, 6.07) is 7.29. The molecule has 24 heavy (non-hydrogen) atoms. The van der Waals surface area contributed by atoms with Crippen molar-refractivity contribution in [2.24, 2.45) is 0 Å². The number of rotatable bonds is 7. The molecule has 7 heteroatoms. The van der Waals surface area contributed by atoms with Crippen LogP contribution in [0.15, 0.2) is 24.3 Å². The smallest absolute Gasteiger partial charge is 0.409 e. The van der Waals surface area contributed by atoms with E-state index in [0.717, 1.165) is 18.8 Å². The SMILES string of the molecule is CCOC(=O)N1CCN(C[C@H](O)COc2cccc(OC)c2)CC1. The summed E-state index contributed by atoms with van der Waals surface area (Å²) in [6.45, 7) is 5.58. The first-order valence-corrected chi connectivity index (χ1v) is 8.21. The molecule has 1 aliphatic heterocycles. The van der Waals surface area contributed by atoms with Gasteiger partial charge in [0.1, 0.15) is 24.2 Å². The highest BCUT2D eigenvalue weighted by Gasteiger charge is 2.23. The van der Waals surface area contributed by atoms with Crippen molar-refractivity contribution in [2.45, 2.75) is 13.0 Å². The van der Waals surface area contributed by atoms with Gasteiger partial charge >= 0.3 is 6.09 Å². The Kier molecular flexibility index (Phi) is 7.14. The molecule has 0 aromatic heterocycles. The van der Waals surface area contributed by atoms with Crippen molar-refractivity contribution < 1.29 is 24.1 Å². The molecule has 1 aliphatic rings. The van der Waals surface area contributed by atoms with Gasteiger partial charge in [0.25, 0.3) is 0 Å². The lowest BCUT2D eigenvalue weighted by Crippen LogP contribution is -2.51. The van der Waals surface area contributed by atoms with Crippen LogP contribution in [-0.2, 0) is 4.74 Å². The fourth-order valence-corrected chi connectivity index (χ4v) is 2.56. The first-order chi connectivity index (χ1) is 11.6. The minimum atomic E-state index is -0.592. The second-order valence-electron chi connectivity index (χ2n) is 5.63. The third kappa shape index (κ3) is 5.58. The fraction of sp³-hybridized carbons (Fsp3) is 0.588. The molecule has 1 amide bonds. The lowest BCUT2D eigenvalue weighted by atomic mass is 10.2. The third-order valence-electron chi connectivity index (χ3n) is 3.85. The number of aliphatic hydroxyl groups excluding tert-OH is 1. The molecule has 1 heterocycles. The van der Waals surface area contributed by atoms with Gasteiger partial charge in [-0.2, -0.15) is 0 Å². The Morgan fingerprint density at radius 3 is 2.62 bits per heavy atom. The normalized spacial score (nSPS) is 16.5. The Bertz CT molecular complexity index is 517. The quantitative estimate of drug-likeness (QED) is 0.806. The number of carbonyl (C=O) groups is 1. The summed E-state index contributed by atoms with van der Waals surface area (Å²) < 4.78 is 15.7. The molecule has 1 saturated heterocycles. The Hall–Kier alpha value is -1.99. The molecule has 0 spiro atoms. The molecule has 2 rings (SSSR count). The van der Waals surface area contributed by atoms with E-state index in [1.54, 1.807) is 25.0 Å². The molecule has 1 fully saturated rings. The van der Waals surface area contributed by atoms with E-state index < -0.39 is 6.10 Å². The largest absolute Gasteiger partial charge is 0.497 e. The van der Waals surface area contributed by atoms with Gasteiger partial charge in [-0.3, -0.25) is 4.90 Å². The minimum Gasteiger partial charge on any atom is -0.497 e. The average molecular weight is 338 g/mol. The highest BCUT2D eigenvalue weighted by Crippen LogP contribution is 2.19. The second kappa shape index (κ2) is 9.34. The lowest BCUT2D eigenvalue weighted by molar-refractivity contribution is 0.0407. The molecular weight excluding hydrogens is 312 g/mol. The van der Waals surface area contributed by atoms with Gasteiger partial charge in [0.2, 0.25) is 0 Å². The molecule has 1 aromatic rings. The van der Waals surface area contributed by atoms with Gasteiger partial charge in [-0.25, -0.2) is 4.79 Å². The molecule has 0 bridgehead atoms. The van der Waals surface area contributed by atoms with Gasteiger partial charge in [0.05, 0.1) is 13.7 Å². The van der Waals surface area contributed by atoms with Crippen molar-refractivity contribution in [3.63, 3.8) is 0 Å². The zero-order valence-corrected chi connectivity index (χ0v) is 14.3. The molecule has 134 valence electrons. The second-order valence-corrected chi connectivity index (χ2v) is 5.63. The van der Waals surface area contributed by atoms with Crippen molar-refractivity contribution >= 4 is 6.09 Å². The molecule has 0 saturated carbocycles. The first kappa shape index (κ1) is 18.4. The predicted molar refractivity (Wildman–Crippen MR) is 89.5 cm³/mol. The molecular formula is C17H26N2O5. The maximum atomic E-state index is 11.6. The number of amides is 1. The monoisotopic (exact) mass is 338 g/mol. The van der Waals surface area contributed by atoms with Crippen molar-refractivity contribution in [3.05, 3.63) is 24.3 Å². The number of carbonyl (C=O) groups excluding carboxylic acids is 1. The summed E-state index contributed by atoms with van der Waals surface area (Å²) in [5.74, 6) is 1.39. The van der Waals surface area contributed by atoms with Crippen LogP contribution in [0, 0.1) is 0 Å². The molecule has 7 nitrogen and oxygen atoms in total. The number of methoxy groups -OCH3 is 1. The van der Waals surface area contributed by atoms with Crippen LogP contribution in [0.3, 0.4) is 0 Å². The van der Waals surface area contributed by atoms with Gasteiger partial charge in [-0.15, -0.1) is 0 Å². The summed E-state index contributed by atoms with van der Waals surface area (Å²) in [4.78, 5) is 15.5. The van der Waals surface area contributed by atoms with Gasteiger partial charge in [0.15, 0.2) is 0 Å². The minimum absolute atomic E-state index is 0.214. The Morgan fingerprint density at radius 2 is 1.96 bits per heavy atom. The average Bonchev–Trinajstić information content (AvgIpc) is 2.61. The Morgan fingerprint density at radius 1 is 1.25 bits per heavy atom. The van der Waals surface area contributed by atoms with Crippen molar-refractivity contribution in [3.8, 4) is 11.5 Å². The molecule has 0 radical (unpaired) electrons. The number of piperazine rings is 1. The van der Waals surface area contributed by atoms with Crippen LogP contribution in [0.2, 0.25) is 0 Å². The Balaban J connectivity index is 1.69. The summed E-state index contributed by atoms with van der Waals surface area (Å²) in [5.41, 5.74) is 0. The molecule has 0 aliphatic carbocycles. The van der Waals surface area contributed by atoms with Crippen LogP contribution in [-0.4, -0.2) is 80.2 Å². The van der Waals surface area contributed by atoms with Crippen LogP contribution in [0.1, 0.15) is 6.92 Å². The zero-order valence-electron chi connectivity index (χ0n) is 14.3. The molecule has 0 unspecified atom stereocenters. The number of nitrogens with zero attached hydrogens (tertiary/aromatic N) is 2. The van der Waals surface area contributed by atoms with Gasteiger partial charge in [0, 0.05) is 38.8 Å². The first-order valence-electron chi connectivity index (χ1n) is 8.21. The van der Waals surface area contributed by atoms with Crippen molar-refractivity contribution in [2.75, 3.05) is 53.0 Å². The highest BCUT2D eigenvalue weighted by atomic mass is 16.6. The number of benzene rings is 1. The van der Waals surface area contributed by atoms with Crippen LogP contribution in [0.4, 0.5) is 4.79 Å². The van der Waals surface area contributed by atoms with E-state index in [2.05, 4.69) is 4.90 Å². The maximum absolute atomic E-state index is 11.6.